The summed E-state index contributed by atoms with van der Waals surface area (Å²) in [4.78, 5) is -0.228. The van der Waals surface area contributed by atoms with Gasteiger partial charge in [-0.05, 0) is 37.4 Å². The van der Waals surface area contributed by atoms with Crippen LogP contribution in [0.5, 0.6) is 0 Å². The van der Waals surface area contributed by atoms with Gasteiger partial charge in [-0.2, -0.15) is 4.31 Å². The van der Waals surface area contributed by atoms with Crippen molar-refractivity contribution >= 4 is 45.6 Å². The lowest BCUT2D eigenvalue weighted by Crippen LogP contribution is -2.40. The molecule has 0 saturated carbocycles. The topological polar surface area (TPSA) is 63.4 Å². The predicted octanol–water partition coefficient (Wildman–Crippen LogP) is 2.91. The molecule has 0 aromatic heterocycles. The summed E-state index contributed by atoms with van der Waals surface area (Å²) in [6.45, 7) is 1.29. The Morgan fingerprint density at radius 3 is 2.14 bits per heavy atom. The summed E-state index contributed by atoms with van der Waals surface area (Å²) in [5.74, 6) is -0.332. The van der Waals surface area contributed by atoms with Gasteiger partial charge < -0.3 is 5.73 Å². The van der Waals surface area contributed by atoms with Crippen LogP contribution in [0, 0.1) is 11.7 Å². The minimum Gasteiger partial charge on any atom is -0.330 e. The van der Waals surface area contributed by atoms with Crippen molar-refractivity contribution < 1.29 is 12.8 Å². The minimum atomic E-state index is -3.81. The third kappa shape index (κ3) is 4.00. The van der Waals surface area contributed by atoms with Crippen molar-refractivity contribution in [1.82, 2.24) is 4.31 Å². The largest absolute Gasteiger partial charge is 0.330 e. The normalized spacial score (nSPS) is 17.5. The summed E-state index contributed by atoms with van der Waals surface area (Å²) in [5, 5.41) is -0.396. The number of piperidine rings is 1. The van der Waals surface area contributed by atoms with E-state index < -0.39 is 15.8 Å². The van der Waals surface area contributed by atoms with Crippen LogP contribution in [0.3, 0.4) is 0 Å². The standard InChI is InChI=1S/C12H15Cl2FN2O2S.ClH/c13-10-5-9(15)6-11(14)12(10)20(18,19)17-3-1-8(7-16)2-4-17;/h5-6,8H,1-4,7,16H2;1H. The molecule has 120 valence electrons. The van der Waals surface area contributed by atoms with E-state index in [9.17, 15) is 12.8 Å². The zero-order chi connectivity index (χ0) is 14.9. The molecule has 0 bridgehead atoms. The Balaban J connectivity index is 0.00000220. The summed E-state index contributed by atoms with van der Waals surface area (Å²) in [5.41, 5.74) is 5.58. The number of sulfonamides is 1. The maximum absolute atomic E-state index is 13.1. The van der Waals surface area contributed by atoms with Gasteiger partial charge >= 0.3 is 0 Å². The van der Waals surface area contributed by atoms with E-state index in [0.717, 1.165) is 12.1 Å². The SMILES string of the molecule is Cl.NCC1CCN(S(=O)(=O)c2c(Cl)cc(F)cc2Cl)CC1. The molecule has 21 heavy (non-hydrogen) atoms. The first-order valence-corrected chi connectivity index (χ1v) is 8.40. The van der Waals surface area contributed by atoms with Gasteiger partial charge in [-0.15, -0.1) is 12.4 Å². The van der Waals surface area contributed by atoms with Crippen LogP contribution < -0.4 is 5.73 Å². The second-order valence-electron chi connectivity index (χ2n) is 4.78. The first-order chi connectivity index (χ1) is 9.36. The van der Waals surface area contributed by atoms with Gasteiger partial charge in [-0.1, -0.05) is 23.2 Å². The first-order valence-electron chi connectivity index (χ1n) is 6.21. The monoisotopic (exact) mass is 376 g/mol. The van der Waals surface area contributed by atoms with E-state index in [1.165, 1.54) is 4.31 Å². The van der Waals surface area contributed by atoms with Gasteiger partial charge in [0, 0.05) is 13.1 Å². The van der Waals surface area contributed by atoms with Gasteiger partial charge in [0.25, 0.3) is 0 Å². The number of nitrogens with two attached hydrogens (primary N) is 1. The van der Waals surface area contributed by atoms with E-state index in [0.29, 0.717) is 38.4 Å². The van der Waals surface area contributed by atoms with Crippen molar-refractivity contribution in [2.75, 3.05) is 19.6 Å². The third-order valence-electron chi connectivity index (χ3n) is 3.47. The molecule has 0 amide bonds. The van der Waals surface area contributed by atoms with E-state index in [1.54, 1.807) is 0 Å². The molecular weight excluding hydrogens is 362 g/mol. The Labute approximate surface area is 139 Å². The average Bonchev–Trinajstić information content (AvgIpc) is 2.37. The quantitative estimate of drug-likeness (QED) is 0.881. The molecule has 0 aliphatic carbocycles. The highest BCUT2D eigenvalue weighted by atomic mass is 35.5. The molecule has 1 aliphatic rings. The number of hydrogen-bond donors (Lipinski definition) is 1. The van der Waals surface area contributed by atoms with Crippen LogP contribution in [0.2, 0.25) is 10.0 Å². The Hall–Kier alpha value is -0.110. The van der Waals surface area contributed by atoms with Crippen molar-refractivity contribution in [3.8, 4) is 0 Å². The fraction of sp³-hybridized carbons (Fsp3) is 0.500. The van der Waals surface area contributed by atoms with E-state index in [1.807, 2.05) is 0 Å². The van der Waals surface area contributed by atoms with Gasteiger partial charge in [0.05, 0.1) is 10.0 Å². The molecule has 1 aliphatic heterocycles. The summed E-state index contributed by atoms with van der Waals surface area (Å²) >= 11 is 11.7. The molecule has 2 rings (SSSR count). The second-order valence-corrected chi connectivity index (χ2v) is 7.47. The summed E-state index contributed by atoms with van der Waals surface area (Å²) in [6, 6.07) is 1.90. The van der Waals surface area contributed by atoms with Crippen LogP contribution in [-0.2, 0) is 10.0 Å². The number of hydrogen-bond acceptors (Lipinski definition) is 3. The van der Waals surface area contributed by atoms with Gasteiger partial charge in [-0.3, -0.25) is 0 Å². The molecule has 1 fully saturated rings. The van der Waals surface area contributed by atoms with E-state index in [-0.39, 0.29) is 27.3 Å². The fourth-order valence-electron chi connectivity index (χ4n) is 2.29. The smallest absolute Gasteiger partial charge is 0.246 e. The zero-order valence-corrected chi connectivity index (χ0v) is 14.2. The Bertz CT molecular complexity index is 582. The van der Waals surface area contributed by atoms with Crippen molar-refractivity contribution in [3.05, 3.63) is 28.0 Å². The highest BCUT2D eigenvalue weighted by Crippen LogP contribution is 2.34. The van der Waals surface area contributed by atoms with Crippen molar-refractivity contribution in [1.29, 1.82) is 0 Å². The van der Waals surface area contributed by atoms with Gasteiger partial charge in [-0.25, -0.2) is 12.8 Å². The Morgan fingerprint density at radius 1 is 1.24 bits per heavy atom. The highest BCUT2D eigenvalue weighted by Gasteiger charge is 2.32. The lowest BCUT2D eigenvalue weighted by atomic mass is 9.99. The number of halogens is 4. The molecule has 2 N–H and O–H groups in total. The van der Waals surface area contributed by atoms with Crippen LogP contribution in [0.15, 0.2) is 17.0 Å². The molecular formula is C12H16Cl3FN2O2S. The summed E-state index contributed by atoms with van der Waals surface area (Å²) in [6.07, 6.45) is 1.40. The van der Waals surface area contributed by atoms with Crippen LogP contribution in [-0.4, -0.2) is 32.4 Å². The summed E-state index contributed by atoms with van der Waals surface area (Å²) < 4.78 is 39.5. The van der Waals surface area contributed by atoms with Crippen molar-refractivity contribution in [2.45, 2.75) is 17.7 Å². The molecule has 0 radical (unpaired) electrons. The Morgan fingerprint density at radius 2 is 1.71 bits per heavy atom. The van der Waals surface area contributed by atoms with Gasteiger partial charge in [0.1, 0.15) is 10.7 Å². The van der Waals surface area contributed by atoms with Crippen LogP contribution in [0.4, 0.5) is 4.39 Å². The molecule has 9 heteroatoms. The van der Waals surface area contributed by atoms with E-state index >= 15 is 0 Å². The maximum atomic E-state index is 13.1. The molecule has 1 aromatic rings. The average molecular weight is 378 g/mol. The first kappa shape index (κ1) is 18.9. The summed E-state index contributed by atoms with van der Waals surface area (Å²) in [7, 11) is -3.81. The predicted molar refractivity (Wildman–Crippen MR) is 84.2 cm³/mol. The molecule has 4 nitrogen and oxygen atoms in total. The fourth-order valence-corrected chi connectivity index (χ4v) is 4.90. The zero-order valence-electron chi connectivity index (χ0n) is 11.1. The number of nitrogens with zero attached hydrogens (tertiary/aromatic N) is 1. The molecule has 0 unspecified atom stereocenters. The second kappa shape index (κ2) is 7.44. The maximum Gasteiger partial charge on any atom is 0.246 e. The molecule has 1 aromatic carbocycles. The molecule has 1 heterocycles. The lowest BCUT2D eigenvalue weighted by Gasteiger charge is -2.31. The number of benzene rings is 1. The van der Waals surface area contributed by atoms with Gasteiger partial charge in [0.15, 0.2) is 0 Å². The van der Waals surface area contributed by atoms with Crippen molar-refractivity contribution in [3.63, 3.8) is 0 Å². The third-order valence-corrected chi connectivity index (χ3v) is 6.29. The van der Waals surface area contributed by atoms with Crippen LogP contribution in [0.1, 0.15) is 12.8 Å². The van der Waals surface area contributed by atoms with Crippen molar-refractivity contribution in [2.24, 2.45) is 11.7 Å². The highest BCUT2D eigenvalue weighted by molar-refractivity contribution is 7.89. The molecule has 1 saturated heterocycles. The van der Waals surface area contributed by atoms with Crippen LogP contribution >= 0.6 is 35.6 Å². The number of rotatable bonds is 3. The van der Waals surface area contributed by atoms with Gasteiger partial charge in [0.2, 0.25) is 10.0 Å². The van der Waals surface area contributed by atoms with Crippen LogP contribution in [0.25, 0.3) is 0 Å². The molecule has 0 spiro atoms. The lowest BCUT2D eigenvalue weighted by molar-refractivity contribution is 0.278. The minimum absolute atomic E-state index is 0. The van der Waals surface area contributed by atoms with E-state index in [4.69, 9.17) is 28.9 Å². The Kier molecular flexibility index (Phi) is 6.71. The van der Waals surface area contributed by atoms with E-state index in [2.05, 4.69) is 0 Å². The molecule has 0 atom stereocenters.